The molecule has 1 atom stereocenters. The molecule has 0 fully saturated rings. The molecule has 0 aliphatic rings. The summed E-state index contributed by atoms with van der Waals surface area (Å²) in [6.45, 7) is 1.78. The fourth-order valence-electron chi connectivity index (χ4n) is 0.707. The van der Waals surface area contributed by atoms with Crippen molar-refractivity contribution < 1.29 is 4.79 Å². The van der Waals surface area contributed by atoms with E-state index in [-0.39, 0.29) is 18.4 Å². The average Bonchev–Trinajstić information content (AvgIpc) is 2.04. The van der Waals surface area contributed by atoms with E-state index in [2.05, 4.69) is 0 Å². The van der Waals surface area contributed by atoms with Crippen molar-refractivity contribution >= 4 is 5.91 Å². The molecule has 0 saturated heterocycles. The van der Waals surface area contributed by atoms with Gasteiger partial charge in [0, 0.05) is 13.1 Å². The molecule has 0 bridgehead atoms. The SMILES string of the molecule is CC(CC#N)N(C)C(=O)CC#N. The van der Waals surface area contributed by atoms with Crippen LogP contribution in [0.5, 0.6) is 0 Å². The average molecular weight is 165 g/mol. The Morgan fingerprint density at radius 1 is 1.50 bits per heavy atom. The maximum Gasteiger partial charge on any atom is 0.236 e. The zero-order chi connectivity index (χ0) is 9.56. The summed E-state index contributed by atoms with van der Waals surface area (Å²) in [5.41, 5.74) is 0. The third-order valence-corrected chi connectivity index (χ3v) is 1.67. The minimum atomic E-state index is -0.236. The molecule has 0 heterocycles. The minimum absolute atomic E-state index is 0.115. The lowest BCUT2D eigenvalue weighted by atomic mass is 10.2. The largest absolute Gasteiger partial charge is 0.341 e. The first kappa shape index (κ1) is 10.4. The summed E-state index contributed by atoms with van der Waals surface area (Å²) in [5, 5.41) is 16.6. The van der Waals surface area contributed by atoms with Crippen LogP contribution in [0.1, 0.15) is 19.8 Å². The van der Waals surface area contributed by atoms with Crippen molar-refractivity contribution in [2.45, 2.75) is 25.8 Å². The van der Waals surface area contributed by atoms with Crippen LogP contribution in [0.15, 0.2) is 0 Å². The second-order valence-electron chi connectivity index (χ2n) is 2.55. The molecule has 0 saturated carbocycles. The molecule has 0 aliphatic heterocycles. The molecule has 64 valence electrons. The van der Waals surface area contributed by atoms with Crippen molar-refractivity contribution in [1.29, 1.82) is 10.5 Å². The fraction of sp³-hybridized carbons (Fsp3) is 0.625. The van der Waals surface area contributed by atoms with Gasteiger partial charge >= 0.3 is 0 Å². The first-order valence-corrected chi connectivity index (χ1v) is 3.63. The molecule has 4 heteroatoms. The van der Waals surface area contributed by atoms with Gasteiger partial charge < -0.3 is 4.90 Å². The molecule has 0 rings (SSSR count). The quantitative estimate of drug-likeness (QED) is 0.616. The Labute approximate surface area is 72.0 Å². The lowest BCUT2D eigenvalue weighted by molar-refractivity contribution is -0.130. The van der Waals surface area contributed by atoms with Gasteiger partial charge in [0.25, 0.3) is 0 Å². The molecule has 1 unspecified atom stereocenters. The van der Waals surface area contributed by atoms with Crippen LogP contribution in [0.4, 0.5) is 0 Å². The molecule has 0 aromatic heterocycles. The molecule has 0 N–H and O–H groups in total. The Kier molecular flexibility index (Phi) is 4.48. The van der Waals surface area contributed by atoms with Gasteiger partial charge in [-0.15, -0.1) is 0 Å². The molecule has 0 aromatic carbocycles. The third-order valence-electron chi connectivity index (χ3n) is 1.67. The molecular formula is C8H11N3O. The molecule has 0 radical (unpaired) electrons. The van der Waals surface area contributed by atoms with Gasteiger partial charge in [0.1, 0.15) is 6.42 Å². The van der Waals surface area contributed by atoms with Crippen LogP contribution < -0.4 is 0 Å². The van der Waals surface area contributed by atoms with Crippen molar-refractivity contribution in [3.63, 3.8) is 0 Å². The topological polar surface area (TPSA) is 67.9 Å². The van der Waals surface area contributed by atoms with Crippen LogP contribution in [0, 0.1) is 22.7 Å². The predicted molar refractivity (Wildman–Crippen MR) is 42.7 cm³/mol. The fourth-order valence-corrected chi connectivity index (χ4v) is 0.707. The summed E-state index contributed by atoms with van der Waals surface area (Å²) in [7, 11) is 1.60. The number of nitrogens with zero attached hydrogens (tertiary/aromatic N) is 3. The molecular weight excluding hydrogens is 154 g/mol. The number of carbonyl (C=O) groups excluding carboxylic acids is 1. The van der Waals surface area contributed by atoms with E-state index in [9.17, 15) is 4.79 Å². The van der Waals surface area contributed by atoms with Crippen LogP contribution in [-0.4, -0.2) is 23.9 Å². The summed E-state index contributed by atoms with van der Waals surface area (Å²) >= 11 is 0. The molecule has 0 aliphatic carbocycles. The van der Waals surface area contributed by atoms with E-state index in [1.54, 1.807) is 20.0 Å². The number of carbonyl (C=O) groups is 1. The van der Waals surface area contributed by atoms with Crippen molar-refractivity contribution in [2.75, 3.05) is 7.05 Å². The highest BCUT2D eigenvalue weighted by Gasteiger charge is 2.14. The first-order chi connectivity index (χ1) is 5.63. The Hall–Kier alpha value is -1.55. The lowest BCUT2D eigenvalue weighted by Crippen LogP contribution is -2.34. The monoisotopic (exact) mass is 165 g/mol. The highest BCUT2D eigenvalue weighted by Crippen LogP contribution is 2.01. The molecule has 1 amide bonds. The van der Waals surface area contributed by atoms with Crippen molar-refractivity contribution in [3.05, 3.63) is 0 Å². The van der Waals surface area contributed by atoms with Gasteiger partial charge in [-0.05, 0) is 6.92 Å². The van der Waals surface area contributed by atoms with E-state index in [1.807, 2.05) is 6.07 Å². The second-order valence-corrected chi connectivity index (χ2v) is 2.55. The maximum atomic E-state index is 11.1. The molecule has 0 spiro atoms. The third kappa shape index (κ3) is 3.03. The van der Waals surface area contributed by atoms with Gasteiger partial charge in [-0.3, -0.25) is 4.79 Å². The summed E-state index contributed by atoms with van der Waals surface area (Å²) in [5.74, 6) is -0.236. The van der Waals surface area contributed by atoms with E-state index < -0.39 is 0 Å². The zero-order valence-electron chi connectivity index (χ0n) is 7.24. The Bertz CT molecular complexity index is 236. The van der Waals surface area contributed by atoms with Gasteiger partial charge in [-0.2, -0.15) is 10.5 Å². The van der Waals surface area contributed by atoms with E-state index in [0.717, 1.165) is 0 Å². The number of hydrogen-bond acceptors (Lipinski definition) is 3. The van der Waals surface area contributed by atoms with Crippen LogP contribution >= 0.6 is 0 Å². The van der Waals surface area contributed by atoms with E-state index in [1.165, 1.54) is 4.90 Å². The maximum absolute atomic E-state index is 11.1. The van der Waals surface area contributed by atoms with Crippen LogP contribution in [0.3, 0.4) is 0 Å². The normalized spacial score (nSPS) is 11.0. The van der Waals surface area contributed by atoms with Gasteiger partial charge in [0.05, 0.1) is 18.6 Å². The highest BCUT2D eigenvalue weighted by atomic mass is 16.2. The summed E-state index contributed by atoms with van der Waals surface area (Å²) < 4.78 is 0. The van der Waals surface area contributed by atoms with Gasteiger partial charge in [0.15, 0.2) is 0 Å². The Balaban J connectivity index is 4.03. The van der Waals surface area contributed by atoms with Gasteiger partial charge in [0.2, 0.25) is 5.91 Å². The Morgan fingerprint density at radius 3 is 2.50 bits per heavy atom. The van der Waals surface area contributed by atoms with Gasteiger partial charge in [-0.1, -0.05) is 0 Å². The van der Waals surface area contributed by atoms with E-state index in [4.69, 9.17) is 10.5 Å². The van der Waals surface area contributed by atoms with E-state index >= 15 is 0 Å². The standard InChI is InChI=1S/C8H11N3O/c1-7(3-5-9)11(2)8(12)4-6-10/h7H,3-4H2,1-2H3. The Morgan fingerprint density at radius 2 is 2.08 bits per heavy atom. The summed E-state index contributed by atoms with van der Waals surface area (Å²) in [4.78, 5) is 12.5. The lowest BCUT2D eigenvalue weighted by Gasteiger charge is -2.21. The van der Waals surface area contributed by atoms with E-state index in [0.29, 0.717) is 6.42 Å². The van der Waals surface area contributed by atoms with Crippen molar-refractivity contribution in [1.82, 2.24) is 4.90 Å². The first-order valence-electron chi connectivity index (χ1n) is 3.63. The molecule has 0 aromatic rings. The second kappa shape index (κ2) is 5.15. The molecule has 4 nitrogen and oxygen atoms in total. The van der Waals surface area contributed by atoms with Crippen LogP contribution in [0.2, 0.25) is 0 Å². The summed E-state index contributed by atoms with van der Waals surface area (Å²) in [6, 6.07) is 3.62. The predicted octanol–water partition coefficient (Wildman–Crippen LogP) is 0.661. The van der Waals surface area contributed by atoms with Crippen LogP contribution in [0.25, 0.3) is 0 Å². The van der Waals surface area contributed by atoms with Crippen molar-refractivity contribution in [3.8, 4) is 12.1 Å². The minimum Gasteiger partial charge on any atom is -0.341 e. The highest BCUT2D eigenvalue weighted by molar-refractivity contribution is 5.78. The zero-order valence-corrected chi connectivity index (χ0v) is 7.24. The number of nitriles is 2. The van der Waals surface area contributed by atoms with Gasteiger partial charge in [-0.25, -0.2) is 0 Å². The number of amides is 1. The van der Waals surface area contributed by atoms with Crippen LogP contribution in [-0.2, 0) is 4.79 Å². The smallest absolute Gasteiger partial charge is 0.236 e. The summed E-state index contributed by atoms with van der Waals surface area (Å²) in [6.07, 6.45) is 0.180. The number of hydrogen-bond donors (Lipinski definition) is 0. The van der Waals surface area contributed by atoms with Crippen molar-refractivity contribution in [2.24, 2.45) is 0 Å². The molecule has 12 heavy (non-hydrogen) atoms. The number of rotatable bonds is 3.